The van der Waals surface area contributed by atoms with E-state index in [1.54, 1.807) is 0 Å². The molecule has 0 bridgehead atoms. The highest BCUT2D eigenvalue weighted by atomic mass is 16.3. The minimum absolute atomic E-state index is 0.0514. The van der Waals surface area contributed by atoms with Crippen LogP contribution in [0.4, 0.5) is 0 Å². The van der Waals surface area contributed by atoms with Crippen LogP contribution < -0.4 is 0 Å². The van der Waals surface area contributed by atoms with Gasteiger partial charge in [-0.15, -0.1) is 0 Å². The van der Waals surface area contributed by atoms with Gasteiger partial charge in [0.05, 0.1) is 0 Å². The number of benzene rings is 4. The fourth-order valence-corrected chi connectivity index (χ4v) is 2.92. The molecule has 2 nitrogen and oxygen atoms in total. The Hall–Kier alpha value is -2.74. The van der Waals surface area contributed by atoms with Crippen molar-refractivity contribution in [1.29, 1.82) is 0 Å². The van der Waals surface area contributed by atoms with Gasteiger partial charge in [-0.05, 0) is 22.2 Å². The molecule has 0 fully saturated rings. The van der Waals surface area contributed by atoms with Gasteiger partial charge in [0.15, 0.2) is 11.5 Å². The van der Waals surface area contributed by atoms with Crippen LogP contribution in [0.1, 0.15) is 0 Å². The number of phenols is 2. The van der Waals surface area contributed by atoms with Crippen molar-refractivity contribution < 1.29 is 10.2 Å². The normalized spacial score (nSPS) is 11.4. The van der Waals surface area contributed by atoms with Crippen molar-refractivity contribution in [2.45, 2.75) is 0 Å². The first-order valence-corrected chi connectivity index (χ1v) is 6.51. The van der Waals surface area contributed by atoms with E-state index in [0.717, 1.165) is 21.5 Å². The van der Waals surface area contributed by atoms with E-state index in [0.29, 0.717) is 10.8 Å². The Bertz CT molecular complexity index is 971. The summed E-state index contributed by atoms with van der Waals surface area (Å²) in [4.78, 5) is 0. The van der Waals surface area contributed by atoms with Crippen LogP contribution in [-0.2, 0) is 0 Å². The van der Waals surface area contributed by atoms with Gasteiger partial charge in [-0.2, -0.15) is 0 Å². The molecule has 0 spiro atoms. The van der Waals surface area contributed by atoms with Crippen LogP contribution in [0.25, 0.3) is 32.3 Å². The first kappa shape index (κ1) is 11.1. The summed E-state index contributed by atoms with van der Waals surface area (Å²) >= 11 is 0. The zero-order chi connectivity index (χ0) is 13.7. The molecule has 0 unspecified atom stereocenters. The molecule has 20 heavy (non-hydrogen) atoms. The highest BCUT2D eigenvalue weighted by Gasteiger charge is 2.14. The van der Waals surface area contributed by atoms with Gasteiger partial charge >= 0.3 is 0 Å². The summed E-state index contributed by atoms with van der Waals surface area (Å²) in [7, 11) is 0. The zero-order valence-electron chi connectivity index (χ0n) is 10.7. The van der Waals surface area contributed by atoms with E-state index in [1.165, 1.54) is 0 Å². The molecule has 0 radical (unpaired) electrons. The molecule has 4 aromatic carbocycles. The van der Waals surface area contributed by atoms with E-state index in [4.69, 9.17) is 0 Å². The Labute approximate surface area is 115 Å². The van der Waals surface area contributed by atoms with Gasteiger partial charge in [0.1, 0.15) is 0 Å². The van der Waals surface area contributed by atoms with Crippen LogP contribution in [0.5, 0.6) is 11.5 Å². The lowest BCUT2D eigenvalue weighted by Crippen LogP contribution is -1.83. The average molecular weight is 260 g/mol. The molecule has 0 amide bonds. The van der Waals surface area contributed by atoms with Crippen molar-refractivity contribution in [3.05, 3.63) is 60.7 Å². The largest absolute Gasteiger partial charge is 0.504 e. The van der Waals surface area contributed by atoms with Gasteiger partial charge in [0, 0.05) is 16.2 Å². The number of hydrogen-bond donors (Lipinski definition) is 2. The van der Waals surface area contributed by atoms with E-state index in [1.807, 2.05) is 60.7 Å². The minimum atomic E-state index is -0.0524. The van der Waals surface area contributed by atoms with Crippen molar-refractivity contribution in [3.63, 3.8) is 0 Å². The summed E-state index contributed by atoms with van der Waals surface area (Å²) in [6.07, 6.45) is 0. The molecule has 2 heteroatoms. The summed E-state index contributed by atoms with van der Waals surface area (Å²) in [5, 5.41) is 25.9. The van der Waals surface area contributed by atoms with Crippen LogP contribution in [0.15, 0.2) is 60.7 Å². The molecule has 0 saturated carbocycles. The Morgan fingerprint density at radius 1 is 0.500 bits per heavy atom. The maximum absolute atomic E-state index is 10.3. The number of fused-ring (bicyclic) bond motifs is 5. The third kappa shape index (κ3) is 1.33. The molecule has 0 saturated heterocycles. The number of hydrogen-bond acceptors (Lipinski definition) is 2. The van der Waals surface area contributed by atoms with Crippen molar-refractivity contribution in [1.82, 2.24) is 0 Å². The predicted octanol–water partition coefficient (Wildman–Crippen LogP) is 4.56. The second-order valence-corrected chi connectivity index (χ2v) is 4.95. The zero-order valence-corrected chi connectivity index (χ0v) is 10.7. The van der Waals surface area contributed by atoms with E-state index in [2.05, 4.69) is 0 Å². The topological polar surface area (TPSA) is 40.5 Å². The quantitative estimate of drug-likeness (QED) is 0.359. The molecule has 4 rings (SSSR count). The maximum atomic E-state index is 10.3. The first-order chi connectivity index (χ1) is 9.77. The third-order valence-electron chi connectivity index (χ3n) is 3.86. The molecule has 0 aromatic heterocycles. The van der Waals surface area contributed by atoms with Crippen LogP contribution >= 0.6 is 0 Å². The van der Waals surface area contributed by atoms with Gasteiger partial charge in [-0.25, -0.2) is 0 Å². The molecule has 2 N–H and O–H groups in total. The molecule has 0 aliphatic heterocycles. The van der Waals surface area contributed by atoms with Gasteiger partial charge < -0.3 is 10.2 Å². The standard InChI is InChI=1S/C18H12O2/c19-17-14-8-4-3-7-13(14)16-12-6-2-1-5-11(12)9-10-15(16)18(17)20/h1-10,19-20H. The summed E-state index contributed by atoms with van der Waals surface area (Å²) in [6.45, 7) is 0. The van der Waals surface area contributed by atoms with E-state index >= 15 is 0 Å². The van der Waals surface area contributed by atoms with Crippen molar-refractivity contribution in [2.75, 3.05) is 0 Å². The molecule has 0 heterocycles. The predicted molar refractivity (Wildman–Crippen MR) is 82.3 cm³/mol. The highest BCUT2D eigenvalue weighted by Crippen LogP contribution is 2.44. The fourth-order valence-electron chi connectivity index (χ4n) is 2.92. The third-order valence-corrected chi connectivity index (χ3v) is 3.86. The van der Waals surface area contributed by atoms with Crippen molar-refractivity contribution in [2.24, 2.45) is 0 Å². The summed E-state index contributed by atoms with van der Waals surface area (Å²) < 4.78 is 0. The Morgan fingerprint density at radius 2 is 1.10 bits per heavy atom. The van der Waals surface area contributed by atoms with Crippen molar-refractivity contribution >= 4 is 32.3 Å². The fraction of sp³-hybridized carbons (Fsp3) is 0. The summed E-state index contributed by atoms with van der Waals surface area (Å²) in [5.74, 6) is -0.104. The van der Waals surface area contributed by atoms with E-state index < -0.39 is 0 Å². The number of phenolic OH excluding ortho intramolecular Hbond substituents is 2. The molecule has 4 aromatic rings. The molecule has 0 atom stereocenters. The van der Waals surface area contributed by atoms with Gasteiger partial charge in [-0.1, -0.05) is 54.6 Å². The smallest absolute Gasteiger partial charge is 0.166 e. The average Bonchev–Trinajstić information content (AvgIpc) is 2.51. The Balaban J connectivity index is 2.42. The lowest BCUT2D eigenvalue weighted by molar-refractivity contribution is 0.412. The molecule has 0 aliphatic carbocycles. The maximum Gasteiger partial charge on any atom is 0.166 e. The number of rotatable bonds is 0. The van der Waals surface area contributed by atoms with Crippen LogP contribution in [0.2, 0.25) is 0 Å². The van der Waals surface area contributed by atoms with Crippen LogP contribution in [0, 0.1) is 0 Å². The first-order valence-electron chi connectivity index (χ1n) is 6.51. The Morgan fingerprint density at radius 3 is 1.90 bits per heavy atom. The van der Waals surface area contributed by atoms with Gasteiger partial charge in [-0.3, -0.25) is 0 Å². The number of aromatic hydroxyl groups is 2. The molecule has 96 valence electrons. The van der Waals surface area contributed by atoms with Gasteiger partial charge in [0.2, 0.25) is 0 Å². The molecule has 0 aliphatic rings. The Kier molecular flexibility index (Phi) is 2.15. The SMILES string of the molecule is Oc1c(O)c2ccc3ccccc3c2c2ccccc12. The van der Waals surface area contributed by atoms with Gasteiger partial charge in [0.25, 0.3) is 0 Å². The highest BCUT2D eigenvalue weighted by molar-refractivity contribution is 6.23. The van der Waals surface area contributed by atoms with Crippen LogP contribution in [-0.4, -0.2) is 10.2 Å². The van der Waals surface area contributed by atoms with E-state index in [9.17, 15) is 10.2 Å². The summed E-state index contributed by atoms with van der Waals surface area (Å²) in [5.41, 5.74) is 0. The second kappa shape index (κ2) is 3.87. The second-order valence-electron chi connectivity index (χ2n) is 4.95. The van der Waals surface area contributed by atoms with Crippen molar-refractivity contribution in [3.8, 4) is 11.5 Å². The lowest BCUT2D eigenvalue weighted by Gasteiger charge is -2.11. The summed E-state index contributed by atoms with van der Waals surface area (Å²) in [6, 6.07) is 19.5. The minimum Gasteiger partial charge on any atom is -0.504 e. The van der Waals surface area contributed by atoms with Crippen LogP contribution in [0.3, 0.4) is 0 Å². The molecular formula is C18H12O2. The lowest BCUT2D eigenvalue weighted by atomic mass is 9.95. The molecular weight excluding hydrogens is 248 g/mol. The van der Waals surface area contributed by atoms with E-state index in [-0.39, 0.29) is 11.5 Å². The monoisotopic (exact) mass is 260 g/mol.